The van der Waals surface area contributed by atoms with E-state index in [-0.39, 0.29) is 10.8 Å². The molecule has 3 heterocycles. The second kappa shape index (κ2) is 12.0. The van der Waals surface area contributed by atoms with Gasteiger partial charge in [-0.2, -0.15) is 0 Å². The zero-order valence-electron chi connectivity index (χ0n) is 20.2. The zero-order chi connectivity index (χ0) is 24.6. The Kier molecular flexibility index (Phi) is 8.58. The Morgan fingerprint density at radius 2 is 2.03 bits per heavy atom. The van der Waals surface area contributed by atoms with Crippen LogP contribution in [0.15, 0.2) is 49.1 Å². The van der Waals surface area contributed by atoms with Crippen molar-refractivity contribution in [3.63, 3.8) is 0 Å². The Bertz CT molecular complexity index is 1300. The topological polar surface area (TPSA) is 75.4 Å². The Morgan fingerprint density at radius 1 is 1.20 bits per heavy atom. The van der Waals surface area contributed by atoms with Crippen molar-refractivity contribution >= 4 is 40.8 Å². The molecule has 0 saturated carbocycles. The van der Waals surface area contributed by atoms with E-state index in [4.69, 9.17) is 16.3 Å². The van der Waals surface area contributed by atoms with Crippen LogP contribution in [-0.2, 0) is 11.3 Å². The fourth-order valence-corrected chi connectivity index (χ4v) is 4.22. The maximum atomic E-state index is 9.65. The van der Waals surface area contributed by atoms with Gasteiger partial charge in [-0.1, -0.05) is 29.8 Å². The summed E-state index contributed by atoms with van der Waals surface area (Å²) >= 11 is 6.04. The molecule has 1 aliphatic heterocycles. The summed E-state index contributed by atoms with van der Waals surface area (Å²) in [7, 11) is 0. The van der Waals surface area contributed by atoms with E-state index in [1.54, 1.807) is 24.5 Å². The van der Waals surface area contributed by atoms with Crippen LogP contribution in [0.25, 0.3) is 17.7 Å². The Hall–Kier alpha value is -3.13. The van der Waals surface area contributed by atoms with Gasteiger partial charge in [-0.05, 0) is 55.7 Å². The molecule has 0 spiro atoms. The number of rotatable bonds is 8. The largest absolute Gasteiger partial charge is 0.506 e. The van der Waals surface area contributed by atoms with Crippen LogP contribution >= 0.6 is 11.6 Å². The third-order valence-electron chi connectivity index (χ3n) is 6.13. The molecule has 8 heteroatoms. The van der Waals surface area contributed by atoms with Crippen LogP contribution in [0.1, 0.15) is 25.8 Å². The number of halogens is 1. The fraction of sp³-hybridized carbons (Fsp3) is 0.333. The molecule has 1 aliphatic rings. The Balaban J connectivity index is 1.42. The summed E-state index contributed by atoms with van der Waals surface area (Å²) in [5.74, 6) is 0.736. The highest BCUT2D eigenvalue weighted by Gasteiger charge is 2.10. The highest BCUT2D eigenvalue weighted by atomic mass is 35.5. The lowest BCUT2D eigenvalue weighted by Crippen LogP contribution is -2.38. The monoisotopic (exact) mass is 493 g/mol. The molecule has 1 fully saturated rings. The van der Waals surface area contributed by atoms with Crippen LogP contribution in [0, 0.1) is 0 Å². The number of phenols is 1. The van der Waals surface area contributed by atoms with Gasteiger partial charge < -0.3 is 19.7 Å². The van der Waals surface area contributed by atoms with Crippen LogP contribution in [0.5, 0.6) is 5.75 Å². The summed E-state index contributed by atoms with van der Waals surface area (Å²) in [6, 6.07) is 7.15. The first kappa shape index (κ1) is 25.0. The van der Waals surface area contributed by atoms with E-state index in [0.29, 0.717) is 5.82 Å². The van der Waals surface area contributed by atoms with Gasteiger partial charge in [0.15, 0.2) is 0 Å². The van der Waals surface area contributed by atoms with Gasteiger partial charge in [-0.25, -0.2) is 9.97 Å². The first-order chi connectivity index (χ1) is 17.0. The van der Waals surface area contributed by atoms with Crippen LogP contribution < -0.4 is 15.9 Å². The normalized spacial score (nSPS) is 16.1. The van der Waals surface area contributed by atoms with Gasteiger partial charge >= 0.3 is 0 Å². The number of morpholine rings is 1. The minimum atomic E-state index is 0.0470. The minimum Gasteiger partial charge on any atom is -0.506 e. The molecule has 2 aromatic heterocycles. The van der Waals surface area contributed by atoms with Gasteiger partial charge in [0.1, 0.15) is 17.9 Å². The molecule has 184 valence electrons. The van der Waals surface area contributed by atoms with Gasteiger partial charge in [0.2, 0.25) is 0 Å². The number of nitrogens with one attached hydrogen (secondary N) is 1. The maximum absolute atomic E-state index is 9.65. The molecule has 0 bridgehead atoms. The molecule has 0 unspecified atom stereocenters. The second-order valence-corrected chi connectivity index (χ2v) is 8.93. The first-order valence-corrected chi connectivity index (χ1v) is 12.3. The van der Waals surface area contributed by atoms with Crippen molar-refractivity contribution in [1.29, 1.82) is 0 Å². The maximum Gasteiger partial charge on any atom is 0.141 e. The molecule has 1 aromatic carbocycles. The van der Waals surface area contributed by atoms with Gasteiger partial charge in [0, 0.05) is 49.5 Å². The molecule has 0 aliphatic carbocycles. The average molecular weight is 494 g/mol. The fourth-order valence-electron chi connectivity index (χ4n) is 4.04. The van der Waals surface area contributed by atoms with Crippen LogP contribution in [0.4, 0.5) is 11.5 Å². The molecule has 1 saturated heterocycles. The van der Waals surface area contributed by atoms with Gasteiger partial charge in [0.05, 0.1) is 23.6 Å². The van der Waals surface area contributed by atoms with E-state index in [1.165, 1.54) is 11.1 Å². The van der Waals surface area contributed by atoms with Crippen molar-refractivity contribution in [2.75, 3.05) is 38.2 Å². The van der Waals surface area contributed by atoms with E-state index in [9.17, 15) is 5.11 Å². The molecule has 0 radical (unpaired) electrons. The number of ether oxygens (including phenoxy) is 1. The van der Waals surface area contributed by atoms with E-state index in [1.807, 2.05) is 13.0 Å². The smallest absolute Gasteiger partial charge is 0.141 e. The summed E-state index contributed by atoms with van der Waals surface area (Å²) in [6.07, 6.45) is 13.0. The highest BCUT2D eigenvalue weighted by molar-refractivity contribution is 6.32. The van der Waals surface area contributed by atoms with Crippen molar-refractivity contribution in [3.05, 3.63) is 70.2 Å². The molecule has 35 heavy (non-hydrogen) atoms. The van der Waals surface area contributed by atoms with Crippen molar-refractivity contribution in [3.8, 4) is 5.75 Å². The molecule has 0 atom stereocenters. The number of aromatic nitrogens is 3. The third kappa shape index (κ3) is 6.72. The molecule has 2 N–H and O–H groups in total. The number of nitrogens with zero attached hydrogens (tertiary/aromatic N) is 4. The number of anilines is 2. The van der Waals surface area contributed by atoms with Crippen LogP contribution in [-0.4, -0.2) is 57.4 Å². The predicted octanol–water partition coefficient (Wildman–Crippen LogP) is 3.79. The lowest BCUT2D eigenvalue weighted by atomic mass is 10.1. The lowest BCUT2D eigenvalue weighted by Gasteiger charge is -2.26. The third-order valence-corrected chi connectivity index (χ3v) is 6.44. The quantitative estimate of drug-likeness (QED) is 0.465. The Morgan fingerprint density at radius 3 is 2.80 bits per heavy atom. The van der Waals surface area contributed by atoms with E-state index in [2.05, 4.69) is 62.3 Å². The second-order valence-electron chi connectivity index (χ2n) is 8.52. The number of allylic oxidation sites excluding steroid dienone is 2. The number of phenolic OH excluding ortho intramolecular Hbond substituents is 1. The number of hydrogen-bond acceptors (Lipinski definition) is 6. The minimum absolute atomic E-state index is 0.0470. The number of aromatic hydroxyl groups is 1. The molecular weight excluding hydrogens is 462 g/mol. The van der Waals surface area contributed by atoms with E-state index < -0.39 is 0 Å². The molecule has 7 nitrogen and oxygen atoms in total. The van der Waals surface area contributed by atoms with Gasteiger partial charge in [-0.3, -0.25) is 4.90 Å². The summed E-state index contributed by atoms with van der Waals surface area (Å²) < 4.78 is 7.69. The standard InChI is InChI=1S/C27H32ClN5O2/c1-3-23-25(29-19-30-27(23)31-22-7-8-26(34)24(28)17-22)6-4-5-20(2)21-9-10-33(18-21)12-11-32-13-15-35-16-14-32/h3,5-10,17-19,34H,4,11-16H2,1-2H3,(H,29,30,31)/b20-5+,23-3+,25-6?. The summed E-state index contributed by atoms with van der Waals surface area (Å²) in [6.45, 7) is 9.84. The first-order valence-electron chi connectivity index (χ1n) is 11.9. The molecule has 0 amide bonds. The van der Waals surface area contributed by atoms with Gasteiger partial charge in [-0.15, -0.1) is 0 Å². The van der Waals surface area contributed by atoms with E-state index in [0.717, 1.165) is 62.1 Å². The molecule has 3 aromatic rings. The predicted molar refractivity (Wildman–Crippen MR) is 142 cm³/mol. The van der Waals surface area contributed by atoms with Crippen LogP contribution in [0.3, 0.4) is 0 Å². The SMILES string of the molecule is C/C=c1/c(Nc2ccc(O)c(Cl)c2)ncnc1=CC/C=C(\C)c1ccn(CCN2CCOCC2)c1. The van der Waals surface area contributed by atoms with Crippen molar-refractivity contribution in [1.82, 2.24) is 19.4 Å². The van der Waals surface area contributed by atoms with Crippen LogP contribution in [0.2, 0.25) is 5.02 Å². The lowest BCUT2D eigenvalue weighted by molar-refractivity contribution is 0.0364. The summed E-state index contributed by atoms with van der Waals surface area (Å²) in [4.78, 5) is 11.3. The average Bonchev–Trinajstić information content (AvgIpc) is 3.35. The van der Waals surface area contributed by atoms with E-state index >= 15 is 0 Å². The number of hydrogen-bond donors (Lipinski definition) is 2. The Labute approximate surface area is 211 Å². The molecule has 4 rings (SSSR count). The zero-order valence-corrected chi connectivity index (χ0v) is 21.0. The number of benzene rings is 1. The highest BCUT2D eigenvalue weighted by Crippen LogP contribution is 2.26. The van der Waals surface area contributed by atoms with Gasteiger partial charge in [0.25, 0.3) is 0 Å². The van der Waals surface area contributed by atoms with Crippen molar-refractivity contribution < 1.29 is 9.84 Å². The van der Waals surface area contributed by atoms with Crippen molar-refractivity contribution in [2.24, 2.45) is 0 Å². The summed E-state index contributed by atoms with van der Waals surface area (Å²) in [5, 5.41) is 15.0. The summed E-state index contributed by atoms with van der Waals surface area (Å²) in [5.41, 5.74) is 3.21. The van der Waals surface area contributed by atoms with Crippen molar-refractivity contribution in [2.45, 2.75) is 26.8 Å². The molecular formula is C27H32ClN5O2.